The van der Waals surface area contributed by atoms with Crippen LogP contribution in [0.2, 0.25) is 0 Å². The van der Waals surface area contributed by atoms with Gasteiger partial charge in [0.05, 0.1) is 11.8 Å². The Labute approximate surface area is 114 Å². The third-order valence-electron chi connectivity index (χ3n) is 3.69. The predicted molar refractivity (Wildman–Crippen MR) is 79.3 cm³/mol. The van der Waals surface area contributed by atoms with E-state index in [9.17, 15) is 0 Å². The highest BCUT2D eigenvalue weighted by atomic mass is 15.5. The van der Waals surface area contributed by atoms with E-state index in [0.717, 1.165) is 6.42 Å². The van der Waals surface area contributed by atoms with Crippen molar-refractivity contribution in [2.45, 2.75) is 19.4 Å². The van der Waals surface area contributed by atoms with Crippen molar-refractivity contribution in [1.29, 1.82) is 0 Å². The molecule has 2 nitrogen and oxygen atoms in total. The Morgan fingerprint density at radius 2 is 1.68 bits per heavy atom. The second-order valence-corrected chi connectivity index (χ2v) is 5.12. The highest BCUT2D eigenvalue weighted by Gasteiger charge is 2.25. The highest BCUT2D eigenvalue weighted by Crippen LogP contribution is 2.31. The molecule has 0 radical (unpaired) electrons. The van der Waals surface area contributed by atoms with Crippen LogP contribution in [0, 0.1) is 6.92 Å². The molecule has 1 heterocycles. The Hall–Kier alpha value is -2.09. The SMILES string of the molecule is Cc1ccc([C@H]2CC(c3ccccc3)=NN2C)cc1. The highest BCUT2D eigenvalue weighted by molar-refractivity contribution is 6.01. The fourth-order valence-electron chi connectivity index (χ4n) is 2.54. The molecular weight excluding hydrogens is 232 g/mol. The van der Waals surface area contributed by atoms with Gasteiger partial charge < -0.3 is 0 Å². The van der Waals surface area contributed by atoms with Gasteiger partial charge in [0.15, 0.2) is 0 Å². The summed E-state index contributed by atoms with van der Waals surface area (Å²) < 4.78 is 0. The van der Waals surface area contributed by atoms with Crippen molar-refractivity contribution in [3.8, 4) is 0 Å². The van der Waals surface area contributed by atoms with E-state index in [-0.39, 0.29) is 0 Å². The molecule has 0 aromatic heterocycles. The monoisotopic (exact) mass is 250 g/mol. The molecule has 2 aromatic carbocycles. The van der Waals surface area contributed by atoms with E-state index in [4.69, 9.17) is 0 Å². The minimum absolute atomic E-state index is 0.357. The molecule has 0 aliphatic carbocycles. The lowest BCUT2D eigenvalue weighted by Gasteiger charge is -2.19. The van der Waals surface area contributed by atoms with E-state index in [1.807, 2.05) is 6.07 Å². The zero-order valence-electron chi connectivity index (χ0n) is 11.4. The second kappa shape index (κ2) is 4.88. The molecule has 0 fully saturated rings. The molecule has 2 aromatic rings. The molecule has 0 amide bonds. The van der Waals surface area contributed by atoms with Crippen LogP contribution in [0.1, 0.15) is 29.2 Å². The number of benzene rings is 2. The number of hydrogen-bond donors (Lipinski definition) is 0. The fourth-order valence-corrected chi connectivity index (χ4v) is 2.54. The summed E-state index contributed by atoms with van der Waals surface area (Å²) in [6, 6.07) is 19.5. The van der Waals surface area contributed by atoms with Crippen LogP contribution in [0.25, 0.3) is 0 Å². The summed E-state index contributed by atoms with van der Waals surface area (Å²) in [6.45, 7) is 2.12. The van der Waals surface area contributed by atoms with Crippen molar-refractivity contribution in [1.82, 2.24) is 5.01 Å². The van der Waals surface area contributed by atoms with Gasteiger partial charge in [0, 0.05) is 13.5 Å². The number of rotatable bonds is 2. The van der Waals surface area contributed by atoms with E-state index in [1.54, 1.807) is 0 Å². The standard InChI is InChI=1S/C17H18N2/c1-13-8-10-15(11-9-13)17-12-16(18-19(17)2)14-6-4-3-5-7-14/h3-11,17H,12H2,1-2H3/t17-/m1/s1. The van der Waals surface area contributed by atoms with E-state index in [2.05, 4.69) is 72.6 Å². The van der Waals surface area contributed by atoms with E-state index in [0.29, 0.717) is 6.04 Å². The van der Waals surface area contributed by atoms with Crippen molar-refractivity contribution < 1.29 is 0 Å². The summed E-state index contributed by atoms with van der Waals surface area (Å²) in [7, 11) is 2.06. The van der Waals surface area contributed by atoms with Crippen LogP contribution in [-0.2, 0) is 0 Å². The summed E-state index contributed by atoms with van der Waals surface area (Å²) in [5, 5.41) is 6.77. The van der Waals surface area contributed by atoms with Gasteiger partial charge in [0.1, 0.15) is 0 Å². The summed E-state index contributed by atoms with van der Waals surface area (Å²) in [5.74, 6) is 0. The summed E-state index contributed by atoms with van der Waals surface area (Å²) in [6.07, 6.45) is 0.976. The largest absolute Gasteiger partial charge is 0.292 e. The molecule has 0 spiro atoms. The fraction of sp³-hybridized carbons (Fsp3) is 0.235. The van der Waals surface area contributed by atoms with Gasteiger partial charge in [0.2, 0.25) is 0 Å². The first kappa shape index (κ1) is 12.0. The Morgan fingerprint density at radius 3 is 2.37 bits per heavy atom. The van der Waals surface area contributed by atoms with E-state index < -0.39 is 0 Å². The Kier molecular flexibility index (Phi) is 3.08. The van der Waals surface area contributed by atoms with Gasteiger partial charge in [0.25, 0.3) is 0 Å². The minimum Gasteiger partial charge on any atom is -0.292 e. The van der Waals surface area contributed by atoms with Crippen molar-refractivity contribution in [2.24, 2.45) is 5.10 Å². The number of aryl methyl sites for hydroxylation is 1. The molecule has 2 heteroatoms. The normalized spacial score (nSPS) is 18.5. The molecule has 0 N–H and O–H groups in total. The van der Waals surface area contributed by atoms with Crippen molar-refractivity contribution >= 4 is 5.71 Å². The molecular formula is C17H18N2. The average Bonchev–Trinajstić information content (AvgIpc) is 2.83. The third-order valence-corrected chi connectivity index (χ3v) is 3.69. The first-order valence-electron chi connectivity index (χ1n) is 6.66. The zero-order chi connectivity index (χ0) is 13.2. The van der Waals surface area contributed by atoms with Crippen LogP contribution in [0.4, 0.5) is 0 Å². The van der Waals surface area contributed by atoms with Crippen LogP contribution in [-0.4, -0.2) is 17.8 Å². The smallest absolute Gasteiger partial charge is 0.0773 e. The summed E-state index contributed by atoms with van der Waals surface area (Å²) >= 11 is 0. The molecule has 0 bridgehead atoms. The predicted octanol–water partition coefficient (Wildman–Crippen LogP) is 3.78. The average molecular weight is 250 g/mol. The van der Waals surface area contributed by atoms with Gasteiger partial charge >= 0.3 is 0 Å². The van der Waals surface area contributed by atoms with Gasteiger partial charge in [-0.3, -0.25) is 5.01 Å². The lowest BCUT2D eigenvalue weighted by molar-refractivity contribution is 0.290. The third kappa shape index (κ3) is 2.39. The lowest BCUT2D eigenvalue weighted by Crippen LogP contribution is -2.13. The maximum atomic E-state index is 4.69. The van der Waals surface area contributed by atoms with Gasteiger partial charge in [-0.05, 0) is 18.1 Å². The molecule has 0 unspecified atom stereocenters. The maximum absolute atomic E-state index is 4.69. The van der Waals surface area contributed by atoms with Gasteiger partial charge in [-0.15, -0.1) is 0 Å². The Morgan fingerprint density at radius 1 is 1.00 bits per heavy atom. The second-order valence-electron chi connectivity index (χ2n) is 5.12. The number of hydrazone groups is 1. The molecule has 1 aliphatic heterocycles. The molecule has 3 rings (SSSR count). The van der Waals surface area contributed by atoms with Crippen LogP contribution >= 0.6 is 0 Å². The topological polar surface area (TPSA) is 15.6 Å². The van der Waals surface area contributed by atoms with E-state index in [1.165, 1.54) is 22.4 Å². The van der Waals surface area contributed by atoms with Crippen molar-refractivity contribution in [2.75, 3.05) is 7.05 Å². The molecule has 1 aliphatic rings. The van der Waals surface area contributed by atoms with Gasteiger partial charge in [-0.1, -0.05) is 60.2 Å². The van der Waals surface area contributed by atoms with Crippen LogP contribution in [0.5, 0.6) is 0 Å². The summed E-state index contributed by atoms with van der Waals surface area (Å²) in [5.41, 5.74) is 5.04. The molecule has 0 saturated carbocycles. The lowest BCUT2D eigenvalue weighted by atomic mass is 9.98. The first-order valence-corrected chi connectivity index (χ1v) is 6.66. The van der Waals surface area contributed by atoms with E-state index >= 15 is 0 Å². The number of nitrogens with zero attached hydrogens (tertiary/aromatic N) is 2. The van der Waals surface area contributed by atoms with Crippen molar-refractivity contribution in [3.63, 3.8) is 0 Å². The Balaban J connectivity index is 1.84. The van der Waals surface area contributed by atoms with Crippen LogP contribution in [0.15, 0.2) is 59.7 Å². The molecule has 1 atom stereocenters. The number of hydrogen-bond acceptors (Lipinski definition) is 2. The minimum atomic E-state index is 0.357. The van der Waals surface area contributed by atoms with Gasteiger partial charge in [-0.25, -0.2) is 0 Å². The first-order chi connectivity index (χ1) is 9.24. The van der Waals surface area contributed by atoms with Crippen molar-refractivity contribution in [3.05, 3.63) is 71.3 Å². The molecule has 96 valence electrons. The Bertz CT molecular complexity index is 584. The van der Waals surface area contributed by atoms with Crippen LogP contribution in [0.3, 0.4) is 0 Å². The maximum Gasteiger partial charge on any atom is 0.0773 e. The quantitative estimate of drug-likeness (QED) is 0.792. The zero-order valence-corrected chi connectivity index (χ0v) is 11.4. The molecule has 0 saturated heterocycles. The van der Waals surface area contributed by atoms with Crippen LogP contribution < -0.4 is 0 Å². The summed E-state index contributed by atoms with van der Waals surface area (Å²) in [4.78, 5) is 0. The molecule has 19 heavy (non-hydrogen) atoms. The van der Waals surface area contributed by atoms with Gasteiger partial charge in [-0.2, -0.15) is 5.10 Å².